The monoisotopic (exact) mass is 284 g/mol. The van der Waals surface area contributed by atoms with Crippen molar-refractivity contribution in [2.24, 2.45) is 5.73 Å². The van der Waals surface area contributed by atoms with Crippen molar-refractivity contribution in [2.45, 2.75) is 76.9 Å². The zero-order chi connectivity index (χ0) is 14.8. The number of nitrogens with one attached hydrogen (secondary N) is 1. The molecule has 1 aliphatic rings. The maximum atomic E-state index is 11.9. The van der Waals surface area contributed by atoms with Crippen LogP contribution in [-0.2, 0) is 14.3 Å². The van der Waals surface area contributed by atoms with Gasteiger partial charge in [0.25, 0.3) is 0 Å². The first-order valence-corrected chi connectivity index (χ1v) is 7.86. The molecule has 0 saturated carbocycles. The molecule has 2 atom stereocenters. The first kappa shape index (κ1) is 17.0. The Morgan fingerprint density at radius 1 is 1.25 bits per heavy atom. The zero-order valence-electron chi connectivity index (χ0n) is 12.5. The molecule has 1 fully saturated rings. The van der Waals surface area contributed by atoms with Crippen LogP contribution in [0.25, 0.3) is 0 Å². The minimum atomic E-state index is -0.558. The summed E-state index contributed by atoms with van der Waals surface area (Å²) in [7, 11) is 0. The molecule has 0 aromatic rings. The second-order valence-corrected chi connectivity index (χ2v) is 5.52. The third-order valence-electron chi connectivity index (χ3n) is 3.73. The second-order valence-electron chi connectivity index (χ2n) is 5.52. The zero-order valence-corrected chi connectivity index (χ0v) is 12.5. The van der Waals surface area contributed by atoms with E-state index < -0.39 is 18.1 Å². The van der Waals surface area contributed by atoms with Crippen LogP contribution in [0.4, 0.5) is 0 Å². The van der Waals surface area contributed by atoms with Crippen LogP contribution in [0.5, 0.6) is 0 Å². The number of primary amides is 1. The fourth-order valence-electron chi connectivity index (χ4n) is 2.46. The van der Waals surface area contributed by atoms with E-state index in [0.29, 0.717) is 13.0 Å². The predicted molar refractivity (Wildman–Crippen MR) is 78.1 cm³/mol. The van der Waals surface area contributed by atoms with Crippen molar-refractivity contribution >= 4 is 11.8 Å². The molecule has 0 spiro atoms. The van der Waals surface area contributed by atoms with Crippen molar-refractivity contribution in [1.29, 1.82) is 0 Å². The van der Waals surface area contributed by atoms with E-state index in [1.54, 1.807) is 0 Å². The highest BCUT2D eigenvalue weighted by Gasteiger charge is 2.27. The SMILES string of the molecule is CCCCCCCC[C@H](NC(=O)[C@H]1CCCO1)C(N)=O. The van der Waals surface area contributed by atoms with E-state index in [1.165, 1.54) is 25.7 Å². The molecule has 20 heavy (non-hydrogen) atoms. The average molecular weight is 284 g/mol. The topological polar surface area (TPSA) is 81.4 Å². The van der Waals surface area contributed by atoms with E-state index in [-0.39, 0.29) is 5.91 Å². The van der Waals surface area contributed by atoms with Crippen LogP contribution in [0.2, 0.25) is 0 Å². The molecule has 1 rings (SSSR count). The summed E-state index contributed by atoms with van der Waals surface area (Å²) >= 11 is 0. The lowest BCUT2D eigenvalue weighted by molar-refractivity contribution is -0.133. The molecule has 3 N–H and O–H groups in total. The summed E-state index contributed by atoms with van der Waals surface area (Å²) in [6.07, 6.45) is 8.75. The summed E-state index contributed by atoms with van der Waals surface area (Å²) in [5, 5.41) is 2.72. The van der Waals surface area contributed by atoms with E-state index in [0.717, 1.165) is 25.7 Å². The van der Waals surface area contributed by atoms with E-state index in [1.807, 2.05) is 0 Å². The van der Waals surface area contributed by atoms with Crippen LogP contribution in [0, 0.1) is 0 Å². The van der Waals surface area contributed by atoms with Gasteiger partial charge in [0.1, 0.15) is 12.1 Å². The molecule has 0 radical (unpaired) electrons. The molecule has 2 amide bonds. The number of hydrogen-bond donors (Lipinski definition) is 2. The second kappa shape index (κ2) is 9.75. The average Bonchev–Trinajstić information content (AvgIpc) is 2.95. The number of carbonyl (C=O) groups is 2. The van der Waals surface area contributed by atoms with Crippen LogP contribution in [-0.4, -0.2) is 30.6 Å². The molecule has 0 unspecified atom stereocenters. The van der Waals surface area contributed by atoms with Gasteiger partial charge in [-0.25, -0.2) is 0 Å². The fraction of sp³-hybridized carbons (Fsp3) is 0.867. The number of hydrogen-bond acceptors (Lipinski definition) is 3. The highest BCUT2D eigenvalue weighted by Crippen LogP contribution is 2.13. The molecule has 0 aliphatic carbocycles. The molecule has 116 valence electrons. The van der Waals surface area contributed by atoms with Crippen molar-refractivity contribution in [3.05, 3.63) is 0 Å². The van der Waals surface area contributed by atoms with Crippen LogP contribution in [0.1, 0.15) is 64.7 Å². The molecule has 1 aliphatic heterocycles. The Balaban J connectivity index is 2.22. The molecular formula is C15H28N2O3. The van der Waals surface area contributed by atoms with Crippen LogP contribution < -0.4 is 11.1 Å². The summed E-state index contributed by atoms with van der Waals surface area (Å²) in [6.45, 7) is 2.81. The highest BCUT2D eigenvalue weighted by molar-refractivity contribution is 5.88. The van der Waals surface area contributed by atoms with E-state index >= 15 is 0 Å². The number of unbranched alkanes of at least 4 members (excludes halogenated alkanes) is 5. The van der Waals surface area contributed by atoms with E-state index in [2.05, 4.69) is 12.2 Å². The number of nitrogens with two attached hydrogens (primary N) is 1. The number of ether oxygens (including phenoxy) is 1. The summed E-state index contributed by atoms with van der Waals surface area (Å²) in [5.74, 6) is -0.651. The summed E-state index contributed by atoms with van der Waals surface area (Å²) in [5.41, 5.74) is 5.35. The summed E-state index contributed by atoms with van der Waals surface area (Å²) < 4.78 is 5.30. The Labute approximate surface area is 121 Å². The summed E-state index contributed by atoms with van der Waals surface area (Å²) in [4.78, 5) is 23.3. The number of rotatable bonds is 10. The van der Waals surface area contributed by atoms with Crippen LogP contribution in [0.3, 0.4) is 0 Å². The third-order valence-corrected chi connectivity index (χ3v) is 3.73. The van der Waals surface area contributed by atoms with Gasteiger partial charge in [-0.3, -0.25) is 9.59 Å². The number of carbonyl (C=O) groups excluding carboxylic acids is 2. The maximum absolute atomic E-state index is 11.9. The van der Waals surface area contributed by atoms with Gasteiger partial charge >= 0.3 is 0 Å². The van der Waals surface area contributed by atoms with Crippen LogP contribution in [0.15, 0.2) is 0 Å². The van der Waals surface area contributed by atoms with Gasteiger partial charge in [-0.2, -0.15) is 0 Å². The maximum Gasteiger partial charge on any atom is 0.249 e. The molecule has 0 aromatic heterocycles. The van der Waals surface area contributed by atoms with Crippen molar-refractivity contribution in [3.8, 4) is 0 Å². The Bertz CT molecular complexity index is 301. The van der Waals surface area contributed by atoms with Gasteiger partial charge in [0.2, 0.25) is 11.8 Å². The van der Waals surface area contributed by atoms with Crippen LogP contribution >= 0.6 is 0 Å². The molecule has 0 bridgehead atoms. The van der Waals surface area contributed by atoms with Crippen molar-refractivity contribution in [2.75, 3.05) is 6.61 Å². The lowest BCUT2D eigenvalue weighted by Gasteiger charge is -2.17. The third kappa shape index (κ3) is 6.37. The molecule has 5 heteroatoms. The van der Waals surface area contributed by atoms with Crippen molar-refractivity contribution in [3.63, 3.8) is 0 Å². The van der Waals surface area contributed by atoms with Gasteiger partial charge < -0.3 is 15.8 Å². The predicted octanol–water partition coefficient (Wildman–Crippen LogP) is 1.89. The Kier molecular flexibility index (Phi) is 8.26. The quantitative estimate of drug-likeness (QED) is 0.601. The summed E-state index contributed by atoms with van der Waals surface area (Å²) in [6, 6.07) is -0.558. The van der Waals surface area contributed by atoms with E-state index in [9.17, 15) is 9.59 Å². The highest BCUT2D eigenvalue weighted by atomic mass is 16.5. The Morgan fingerprint density at radius 3 is 2.55 bits per heavy atom. The fourth-order valence-corrected chi connectivity index (χ4v) is 2.46. The minimum absolute atomic E-state index is 0.197. The van der Waals surface area contributed by atoms with Gasteiger partial charge in [0.15, 0.2) is 0 Å². The Morgan fingerprint density at radius 2 is 1.95 bits per heavy atom. The van der Waals surface area contributed by atoms with Crippen molar-refractivity contribution in [1.82, 2.24) is 5.32 Å². The van der Waals surface area contributed by atoms with Gasteiger partial charge in [0, 0.05) is 6.61 Å². The molecule has 1 heterocycles. The van der Waals surface area contributed by atoms with Gasteiger partial charge in [-0.05, 0) is 19.3 Å². The first-order chi connectivity index (χ1) is 9.65. The lowest BCUT2D eigenvalue weighted by Crippen LogP contribution is -2.47. The van der Waals surface area contributed by atoms with Gasteiger partial charge in [0.05, 0.1) is 0 Å². The smallest absolute Gasteiger partial charge is 0.249 e. The lowest BCUT2D eigenvalue weighted by atomic mass is 10.0. The van der Waals surface area contributed by atoms with E-state index in [4.69, 9.17) is 10.5 Å². The normalized spacial score (nSPS) is 19.8. The number of amides is 2. The molecule has 0 aromatic carbocycles. The minimum Gasteiger partial charge on any atom is -0.368 e. The first-order valence-electron chi connectivity index (χ1n) is 7.86. The molecule has 1 saturated heterocycles. The largest absolute Gasteiger partial charge is 0.368 e. The van der Waals surface area contributed by atoms with Gasteiger partial charge in [-0.1, -0.05) is 45.4 Å². The molecular weight excluding hydrogens is 256 g/mol. The Hall–Kier alpha value is -1.10. The van der Waals surface area contributed by atoms with Gasteiger partial charge in [-0.15, -0.1) is 0 Å². The standard InChI is InChI=1S/C15H28N2O3/c1-2-3-4-5-6-7-9-12(14(16)18)17-15(19)13-10-8-11-20-13/h12-13H,2-11H2,1H3,(H2,16,18)(H,17,19)/t12-,13+/m0/s1. The van der Waals surface area contributed by atoms with Crippen molar-refractivity contribution < 1.29 is 14.3 Å². The molecule has 5 nitrogen and oxygen atoms in total.